The van der Waals surface area contributed by atoms with E-state index >= 15 is 0 Å². The van der Waals surface area contributed by atoms with Crippen molar-refractivity contribution in [3.05, 3.63) is 35.9 Å². The zero-order valence-corrected chi connectivity index (χ0v) is 16.1. The SMILES string of the molecule is CC(C)CN(C)CC(O)C(Cc1ccccc1)NC(=O)OC1CCCO1. The predicted octanol–water partition coefficient (Wildman–Crippen LogP) is 2.41. The number of benzene rings is 1. The molecule has 2 rings (SSSR count). The number of carbonyl (C=O) groups excluding carboxylic acids is 1. The number of nitrogens with one attached hydrogen (secondary N) is 1. The molecule has 1 fully saturated rings. The van der Waals surface area contributed by atoms with Gasteiger partial charge in [0.2, 0.25) is 6.29 Å². The number of aliphatic hydroxyl groups is 1. The molecule has 6 nitrogen and oxygen atoms in total. The van der Waals surface area contributed by atoms with Crippen LogP contribution in [0, 0.1) is 5.92 Å². The van der Waals surface area contributed by atoms with E-state index in [9.17, 15) is 9.90 Å². The number of carbonyl (C=O) groups is 1. The third kappa shape index (κ3) is 7.32. The molecule has 3 unspecified atom stereocenters. The van der Waals surface area contributed by atoms with Crippen molar-refractivity contribution in [3.8, 4) is 0 Å². The maximum atomic E-state index is 12.2. The van der Waals surface area contributed by atoms with E-state index < -0.39 is 24.5 Å². The van der Waals surface area contributed by atoms with E-state index in [-0.39, 0.29) is 0 Å². The second kappa shape index (κ2) is 10.5. The molecule has 0 spiro atoms. The van der Waals surface area contributed by atoms with Gasteiger partial charge in [0.1, 0.15) is 0 Å². The molecule has 3 atom stereocenters. The van der Waals surface area contributed by atoms with E-state index in [0.717, 1.165) is 24.9 Å². The fourth-order valence-electron chi connectivity index (χ4n) is 3.24. The Morgan fingerprint density at radius 1 is 1.35 bits per heavy atom. The van der Waals surface area contributed by atoms with Crippen molar-refractivity contribution in [2.45, 2.75) is 51.5 Å². The van der Waals surface area contributed by atoms with Gasteiger partial charge in [-0.25, -0.2) is 4.79 Å². The van der Waals surface area contributed by atoms with Crippen molar-refractivity contribution < 1.29 is 19.4 Å². The van der Waals surface area contributed by atoms with Gasteiger partial charge in [-0.2, -0.15) is 0 Å². The molecule has 1 saturated heterocycles. The Kier molecular flexibility index (Phi) is 8.35. The van der Waals surface area contributed by atoms with Gasteiger partial charge in [0.25, 0.3) is 0 Å². The number of amides is 1. The normalized spacial score (nSPS) is 19.5. The molecule has 0 aromatic heterocycles. The van der Waals surface area contributed by atoms with Crippen LogP contribution < -0.4 is 5.32 Å². The summed E-state index contributed by atoms with van der Waals surface area (Å²) in [5.41, 5.74) is 1.06. The molecule has 1 heterocycles. The van der Waals surface area contributed by atoms with Gasteiger partial charge in [-0.05, 0) is 31.4 Å². The van der Waals surface area contributed by atoms with Crippen molar-refractivity contribution in [1.29, 1.82) is 0 Å². The summed E-state index contributed by atoms with van der Waals surface area (Å²) in [6.45, 7) is 6.27. The number of nitrogens with zero attached hydrogens (tertiary/aromatic N) is 1. The number of ether oxygens (including phenoxy) is 2. The first-order chi connectivity index (χ1) is 12.4. The molecule has 0 radical (unpaired) electrons. The number of rotatable bonds is 9. The van der Waals surface area contributed by atoms with Crippen LogP contribution in [-0.2, 0) is 15.9 Å². The lowest BCUT2D eigenvalue weighted by Crippen LogP contribution is -2.50. The summed E-state index contributed by atoms with van der Waals surface area (Å²) in [6.07, 6.45) is 0.440. The lowest BCUT2D eigenvalue weighted by atomic mass is 10.0. The van der Waals surface area contributed by atoms with Crippen LogP contribution in [0.15, 0.2) is 30.3 Å². The summed E-state index contributed by atoms with van der Waals surface area (Å²) in [6, 6.07) is 9.41. The summed E-state index contributed by atoms with van der Waals surface area (Å²) in [5, 5.41) is 13.6. The van der Waals surface area contributed by atoms with Gasteiger partial charge in [-0.15, -0.1) is 0 Å². The fourth-order valence-corrected chi connectivity index (χ4v) is 3.24. The number of alkyl carbamates (subject to hydrolysis) is 1. The zero-order chi connectivity index (χ0) is 18.9. The van der Waals surface area contributed by atoms with Gasteiger partial charge in [0.15, 0.2) is 0 Å². The average Bonchev–Trinajstić information content (AvgIpc) is 3.07. The monoisotopic (exact) mass is 364 g/mol. The highest BCUT2D eigenvalue weighted by atomic mass is 16.7. The third-order valence-electron chi connectivity index (χ3n) is 4.37. The molecule has 6 heteroatoms. The average molecular weight is 364 g/mol. The van der Waals surface area contributed by atoms with Crippen LogP contribution in [0.25, 0.3) is 0 Å². The summed E-state index contributed by atoms with van der Waals surface area (Å²) in [4.78, 5) is 14.3. The summed E-state index contributed by atoms with van der Waals surface area (Å²) >= 11 is 0. The van der Waals surface area contributed by atoms with Crippen LogP contribution in [0.3, 0.4) is 0 Å². The summed E-state index contributed by atoms with van der Waals surface area (Å²) in [7, 11) is 1.98. The Hall–Kier alpha value is -1.63. The molecule has 146 valence electrons. The van der Waals surface area contributed by atoms with Crippen LogP contribution in [0.5, 0.6) is 0 Å². The van der Waals surface area contributed by atoms with Gasteiger partial charge in [-0.1, -0.05) is 44.2 Å². The molecule has 1 amide bonds. The fraction of sp³-hybridized carbons (Fsp3) is 0.650. The highest BCUT2D eigenvalue weighted by Crippen LogP contribution is 2.14. The van der Waals surface area contributed by atoms with E-state index in [1.165, 1.54) is 0 Å². The van der Waals surface area contributed by atoms with Crippen LogP contribution in [0.1, 0.15) is 32.3 Å². The first kappa shape index (κ1) is 20.7. The van der Waals surface area contributed by atoms with E-state index in [1.54, 1.807) is 0 Å². The van der Waals surface area contributed by atoms with Gasteiger partial charge < -0.3 is 24.8 Å². The topological polar surface area (TPSA) is 71.0 Å². The lowest BCUT2D eigenvalue weighted by Gasteiger charge is -2.29. The molecular formula is C20H32N2O4. The number of hydrogen-bond donors (Lipinski definition) is 2. The van der Waals surface area contributed by atoms with Crippen LogP contribution in [0.2, 0.25) is 0 Å². The van der Waals surface area contributed by atoms with E-state index in [4.69, 9.17) is 9.47 Å². The predicted molar refractivity (Wildman–Crippen MR) is 101 cm³/mol. The number of aliphatic hydroxyl groups excluding tert-OH is 1. The first-order valence-corrected chi connectivity index (χ1v) is 9.43. The molecule has 1 aliphatic heterocycles. The molecule has 2 N–H and O–H groups in total. The third-order valence-corrected chi connectivity index (χ3v) is 4.37. The Labute approximate surface area is 156 Å². The maximum Gasteiger partial charge on any atom is 0.409 e. The minimum absolute atomic E-state index is 0.430. The molecule has 1 aromatic carbocycles. The minimum Gasteiger partial charge on any atom is -0.420 e. The Balaban J connectivity index is 1.96. The Bertz CT molecular complexity index is 532. The molecule has 1 aliphatic rings. The quantitative estimate of drug-likeness (QED) is 0.704. The van der Waals surface area contributed by atoms with Crippen LogP contribution in [0.4, 0.5) is 4.79 Å². The van der Waals surface area contributed by atoms with Gasteiger partial charge in [0.05, 0.1) is 18.8 Å². The van der Waals surface area contributed by atoms with Crippen molar-refractivity contribution in [2.24, 2.45) is 5.92 Å². The maximum absolute atomic E-state index is 12.2. The van der Waals surface area contributed by atoms with Crippen molar-refractivity contribution in [3.63, 3.8) is 0 Å². The smallest absolute Gasteiger partial charge is 0.409 e. The van der Waals surface area contributed by atoms with Crippen molar-refractivity contribution >= 4 is 6.09 Å². The standard InChI is InChI=1S/C20H32N2O4/c1-15(2)13-22(3)14-18(23)17(12-16-8-5-4-6-9-16)21-20(24)26-19-10-7-11-25-19/h4-6,8-9,15,17-19,23H,7,10-14H2,1-3H3,(H,21,24). The van der Waals surface area contributed by atoms with Crippen molar-refractivity contribution in [2.75, 3.05) is 26.7 Å². The highest BCUT2D eigenvalue weighted by Gasteiger charge is 2.26. The minimum atomic E-state index is -0.698. The summed E-state index contributed by atoms with van der Waals surface area (Å²) in [5.74, 6) is 0.511. The first-order valence-electron chi connectivity index (χ1n) is 9.43. The highest BCUT2D eigenvalue weighted by molar-refractivity contribution is 5.67. The van der Waals surface area contributed by atoms with Gasteiger partial charge in [-0.3, -0.25) is 0 Å². The van der Waals surface area contributed by atoms with Crippen LogP contribution >= 0.6 is 0 Å². The zero-order valence-electron chi connectivity index (χ0n) is 16.1. The second-order valence-corrected chi connectivity index (χ2v) is 7.47. The van der Waals surface area contributed by atoms with Gasteiger partial charge in [0, 0.05) is 19.5 Å². The number of hydrogen-bond acceptors (Lipinski definition) is 5. The molecule has 0 bridgehead atoms. The molecular weight excluding hydrogens is 332 g/mol. The number of likely N-dealkylation sites (N-methyl/N-ethyl adjacent to an activating group) is 1. The Morgan fingerprint density at radius 3 is 2.69 bits per heavy atom. The van der Waals surface area contributed by atoms with E-state index in [2.05, 4.69) is 24.1 Å². The Morgan fingerprint density at radius 2 is 2.08 bits per heavy atom. The molecule has 0 saturated carbocycles. The van der Waals surface area contributed by atoms with Crippen LogP contribution in [-0.4, -0.2) is 61.3 Å². The summed E-state index contributed by atoms with van der Waals surface area (Å²) < 4.78 is 10.6. The van der Waals surface area contributed by atoms with E-state index in [0.29, 0.717) is 25.5 Å². The van der Waals surface area contributed by atoms with Gasteiger partial charge >= 0.3 is 6.09 Å². The largest absolute Gasteiger partial charge is 0.420 e. The molecule has 0 aliphatic carbocycles. The second-order valence-electron chi connectivity index (χ2n) is 7.47. The molecule has 1 aromatic rings. The van der Waals surface area contributed by atoms with E-state index in [1.807, 2.05) is 37.4 Å². The lowest BCUT2D eigenvalue weighted by molar-refractivity contribution is -0.0699. The molecule has 26 heavy (non-hydrogen) atoms. The van der Waals surface area contributed by atoms with Crippen molar-refractivity contribution in [1.82, 2.24) is 10.2 Å².